The Kier molecular flexibility index (Phi) is 7.28. The Bertz CT molecular complexity index is 1620. The van der Waals surface area contributed by atoms with Crippen LogP contribution in [0.25, 0.3) is 0 Å². The molecule has 0 fully saturated rings. The number of nitriles is 1. The van der Waals surface area contributed by atoms with Crippen LogP contribution < -0.4 is 25.8 Å². The average Bonchev–Trinajstić information content (AvgIpc) is 2.88. The van der Waals surface area contributed by atoms with Crippen LogP contribution in [-0.4, -0.2) is 66.7 Å². The van der Waals surface area contributed by atoms with Crippen molar-refractivity contribution in [2.45, 2.75) is 18.2 Å². The molecule has 0 bridgehead atoms. The minimum Gasteiger partial charge on any atom is -0.435 e. The highest BCUT2D eigenvalue weighted by atomic mass is 32.2. The quantitative estimate of drug-likeness (QED) is 0.365. The first-order valence-corrected chi connectivity index (χ1v) is 13.5. The number of amides is 2. The molecule has 0 saturated heterocycles. The van der Waals surface area contributed by atoms with Gasteiger partial charge >= 0.3 is 6.01 Å². The number of nitrogens with one attached hydrogen (secondary N) is 2. The van der Waals surface area contributed by atoms with E-state index in [9.17, 15) is 23.3 Å². The Morgan fingerprint density at radius 3 is 2.59 bits per heavy atom. The molecule has 1 aromatic heterocycles. The second-order valence-electron chi connectivity index (χ2n) is 8.98. The third kappa shape index (κ3) is 5.83. The molecule has 3 aromatic rings. The molecule has 2 atom stereocenters. The van der Waals surface area contributed by atoms with E-state index in [1.165, 1.54) is 36.1 Å². The summed E-state index contributed by atoms with van der Waals surface area (Å²) in [6.45, 7) is 1.40. The number of ether oxygens (including phenoxy) is 2. The van der Waals surface area contributed by atoms with Gasteiger partial charge in [0.2, 0.25) is 5.91 Å². The predicted octanol–water partition coefficient (Wildman–Crippen LogP) is 2.38. The maximum absolute atomic E-state index is 12.9. The lowest BCUT2D eigenvalue weighted by Gasteiger charge is -2.29. The molecule has 2 unspecified atom stereocenters. The fraction of sp³-hybridized carbons (Fsp3) is 0.240. The maximum atomic E-state index is 12.9. The van der Waals surface area contributed by atoms with Crippen LogP contribution in [0.4, 0.5) is 17.2 Å². The summed E-state index contributed by atoms with van der Waals surface area (Å²) >= 11 is 0. The Morgan fingerprint density at radius 1 is 1.18 bits per heavy atom. The highest BCUT2D eigenvalue weighted by molar-refractivity contribution is 7.91. The van der Waals surface area contributed by atoms with Crippen molar-refractivity contribution in [1.29, 1.82) is 5.26 Å². The molecular formula is C25H25N7O6S. The molecule has 0 aliphatic carbocycles. The monoisotopic (exact) mass is 551 g/mol. The number of hydrogen-bond donors (Lipinski definition) is 3. The van der Waals surface area contributed by atoms with E-state index >= 15 is 0 Å². The first-order chi connectivity index (χ1) is 18.4. The predicted molar refractivity (Wildman–Crippen MR) is 143 cm³/mol. The van der Waals surface area contributed by atoms with Crippen molar-refractivity contribution < 1.29 is 27.5 Å². The summed E-state index contributed by atoms with van der Waals surface area (Å²) in [5, 5.41) is 13.6. The molecule has 2 heterocycles. The summed E-state index contributed by atoms with van der Waals surface area (Å²) in [5.74, 6) is -0.711. The van der Waals surface area contributed by atoms with E-state index in [0.29, 0.717) is 5.56 Å². The second kappa shape index (κ2) is 10.5. The van der Waals surface area contributed by atoms with Gasteiger partial charge in [-0.05, 0) is 37.3 Å². The van der Waals surface area contributed by atoms with Crippen molar-refractivity contribution in [3.05, 3.63) is 53.6 Å². The first-order valence-electron chi connectivity index (χ1n) is 11.5. The minimum atomic E-state index is -3.60. The number of nitrogen functional groups attached to an aromatic ring is 1. The van der Waals surface area contributed by atoms with Gasteiger partial charge in [0.15, 0.2) is 21.4 Å². The van der Waals surface area contributed by atoms with Crippen molar-refractivity contribution in [3.63, 3.8) is 0 Å². The summed E-state index contributed by atoms with van der Waals surface area (Å²) in [6, 6.07) is 11.3. The Labute approximate surface area is 224 Å². The number of anilines is 3. The fourth-order valence-electron chi connectivity index (χ4n) is 3.60. The standard InChI is InChI=1S/C25H25N7O6S/c1-13(39(4,35)36)19-22(33)29-20-21(28-19)30-25(37-16-7-5-6-15(11-16)24(34)32(2)3)31-23(20)38-18-10-14(12-26)8-9-17(18)27/h5-11,13,19H,27H2,1-4H3,(H,29,33)(H,28,30,31). The Morgan fingerprint density at radius 2 is 1.92 bits per heavy atom. The van der Waals surface area contributed by atoms with Gasteiger partial charge in [0.1, 0.15) is 17.5 Å². The number of fused-ring (bicyclic) bond motifs is 1. The van der Waals surface area contributed by atoms with Gasteiger partial charge in [-0.15, -0.1) is 0 Å². The molecule has 14 heteroatoms. The van der Waals surface area contributed by atoms with E-state index < -0.39 is 27.0 Å². The van der Waals surface area contributed by atoms with Crippen LogP contribution >= 0.6 is 0 Å². The van der Waals surface area contributed by atoms with Crippen LogP contribution in [-0.2, 0) is 14.6 Å². The molecule has 1 aliphatic heterocycles. The van der Waals surface area contributed by atoms with Crippen molar-refractivity contribution >= 4 is 38.8 Å². The zero-order valence-electron chi connectivity index (χ0n) is 21.4. The minimum absolute atomic E-state index is 0.0163. The van der Waals surface area contributed by atoms with E-state index in [1.807, 2.05) is 6.07 Å². The molecule has 2 amide bonds. The highest BCUT2D eigenvalue weighted by Gasteiger charge is 2.38. The summed E-state index contributed by atoms with van der Waals surface area (Å²) in [6.07, 6.45) is 1.03. The molecule has 1 aliphatic rings. The highest BCUT2D eigenvalue weighted by Crippen LogP contribution is 2.40. The topological polar surface area (TPSA) is 190 Å². The van der Waals surface area contributed by atoms with Crippen molar-refractivity contribution in [1.82, 2.24) is 14.9 Å². The number of nitrogens with zero attached hydrogens (tertiary/aromatic N) is 4. The van der Waals surface area contributed by atoms with Gasteiger partial charge in [-0.3, -0.25) is 9.59 Å². The van der Waals surface area contributed by atoms with Gasteiger partial charge in [0.05, 0.1) is 22.6 Å². The lowest BCUT2D eigenvalue weighted by Crippen LogP contribution is -2.48. The van der Waals surface area contributed by atoms with Crippen LogP contribution in [0, 0.1) is 11.3 Å². The van der Waals surface area contributed by atoms with E-state index in [-0.39, 0.29) is 52.1 Å². The largest absolute Gasteiger partial charge is 0.435 e. The first kappa shape index (κ1) is 27.1. The summed E-state index contributed by atoms with van der Waals surface area (Å²) in [5.41, 5.74) is 6.86. The van der Waals surface area contributed by atoms with Crippen LogP contribution in [0.5, 0.6) is 23.4 Å². The zero-order valence-corrected chi connectivity index (χ0v) is 22.2. The molecule has 4 rings (SSSR count). The third-order valence-electron chi connectivity index (χ3n) is 5.87. The number of carbonyl (C=O) groups is 2. The average molecular weight is 552 g/mol. The maximum Gasteiger partial charge on any atom is 0.327 e. The van der Waals surface area contributed by atoms with E-state index in [0.717, 1.165) is 6.26 Å². The molecule has 4 N–H and O–H groups in total. The molecule has 0 saturated carbocycles. The van der Waals surface area contributed by atoms with Gasteiger partial charge in [-0.25, -0.2) is 8.42 Å². The molecule has 39 heavy (non-hydrogen) atoms. The van der Waals surface area contributed by atoms with Gasteiger partial charge < -0.3 is 30.7 Å². The molecular weight excluding hydrogens is 526 g/mol. The number of rotatable bonds is 7. The van der Waals surface area contributed by atoms with Crippen molar-refractivity contribution in [2.24, 2.45) is 0 Å². The summed E-state index contributed by atoms with van der Waals surface area (Å²) < 4.78 is 36.1. The van der Waals surface area contributed by atoms with Gasteiger partial charge in [-0.2, -0.15) is 15.2 Å². The third-order valence-corrected chi connectivity index (χ3v) is 7.49. The van der Waals surface area contributed by atoms with Gasteiger partial charge in [0, 0.05) is 32.0 Å². The van der Waals surface area contributed by atoms with Gasteiger partial charge in [-0.1, -0.05) is 6.07 Å². The fourth-order valence-corrected chi connectivity index (χ4v) is 4.29. The van der Waals surface area contributed by atoms with Crippen LogP contribution in [0.2, 0.25) is 0 Å². The van der Waals surface area contributed by atoms with Crippen LogP contribution in [0.1, 0.15) is 22.8 Å². The number of carbonyl (C=O) groups excluding carboxylic acids is 2. The van der Waals surface area contributed by atoms with Crippen molar-refractivity contribution in [3.8, 4) is 29.5 Å². The van der Waals surface area contributed by atoms with E-state index in [1.54, 1.807) is 32.3 Å². The lowest BCUT2D eigenvalue weighted by atomic mass is 10.1. The second-order valence-corrected chi connectivity index (χ2v) is 11.4. The summed E-state index contributed by atoms with van der Waals surface area (Å²) in [4.78, 5) is 35.2. The van der Waals surface area contributed by atoms with E-state index in [4.69, 9.17) is 15.2 Å². The number of nitrogens with two attached hydrogens (primary N) is 1. The van der Waals surface area contributed by atoms with E-state index in [2.05, 4.69) is 20.6 Å². The molecule has 0 spiro atoms. The molecule has 13 nitrogen and oxygen atoms in total. The van der Waals surface area contributed by atoms with Crippen LogP contribution in [0.3, 0.4) is 0 Å². The summed E-state index contributed by atoms with van der Waals surface area (Å²) in [7, 11) is -0.365. The molecule has 2 aromatic carbocycles. The normalized spacial score (nSPS) is 15.2. The van der Waals surface area contributed by atoms with Gasteiger partial charge in [0.25, 0.3) is 11.8 Å². The Hall–Kier alpha value is -4.90. The number of sulfone groups is 1. The number of hydrogen-bond acceptors (Lipinski definition) is 11. The Balaban J connectivity index is 1.78. The van der Waals surface area contributed by atoms with Crippen molar-refractivity contribution in [2.75, 3.05) is 36.7 Å². The molecule has 202 valence electrons. The molecule has 0 radical (unpaired) electrons. The smallest absolute Gasteiger partial charge is 0.327 e. The lowest BCUT2D eigenvalue weighted by molar-refractivity contribution is -0.117. The number of benzene rings is 2. The number of aromatic nitrogens is 2. The zero-order chi connectivity index (χ0) is 28.5. The SMILES string of the molecule is CC(C1Nc2nc(Oc3cccc(C(=O)N(C)C)c3)nc(Oc3cc(C#N)ccc3N)c2NC1=O)S(C)(=O)=O. The van der Waals surface area contributed by atoms with Crippen LogP contribution in [0.15, 0.2) is 42.5 Å².